The van der Waals surface area contributed by atoms with Crippen molar-refractivity contribution in [2.45, 2.75) is 0 Å². The van der Waals surface area contributed by atoms with Gasteiger partial charge in [0.2, 0.25) is 5.43 Å². The lowest BCUT2D eigenvalue weighted by atomic mass is 10.2. The Morgan fingerprint density at radius 1 is 1.28 bits per heavy atom. The Morgan fingerprint density at radius 3 is 2.64 bits per heavy atom. The molecule has 10 heteroatoms. The van der Waals surface area contributed by atoms with E-state index >= 15 is 0 Å². The lowest BCUT2D eigenvalue weighted by Gasteiger charge is -2.15. The van der Waals surface area contributed by atoms with Crippen LogP contribution in [0.4, 0.5) is 13.6 Å². The molecule has 0 bridgehead atoms. The molecular weight excluding hydrogens is 381 g/mol. The van der Waals surface area contributed by atoms with E-state index in [2.05, 4.69) is 9.72 Å². The Hall–Kier alpha value is -2.71. The molecule has 0 atom stereocenters. The van der Waals surface area contributed by atoms with E-state index in [1.807, 2.05) is 0 Å². The van der Waals surface area contributed by atoms with Crippen LogP contribution in [0, 0.1) is 11.6 Å². The third-order valence-electron chi connectivity index (χ3n) is 3.27. The number of halogens is 4. The maximum Gasteiger partial charge on any atom is 0.511 e. The molecule has 0 spiro atoms. The highest BCUT2D eigenvalue weighted by molar-refractivity contribution is 6.44. The number of fused-ring (bicyclic) bond motifs is 1. The molecule has 0 amide bonds. The van der Waals surface area contributed by atoms with E-state index in [4.69, 9.17) is 28.3 Å². The number of carboxylic acid groups (broad SMARTS) is 1. The molecule has 0 aliphatic carbocycles. The third kappa shape index (κ3) is 3.01. The van der Waals surface area contributed by atoms with Crippen molar-refractivity contribution in [3.63, 3.8) is 0 Å². The fraction of sp³-hybridized carbons (Fsp3) is 0. The molecule has 3 aromatic rings. The lowest BCUT2D eigenvalue weighted by molar-refractivity contribution is 0.144. The van der Waals surface area contributed by atoms with Crippen LogP contribution in [0.3, 0.4) is 0 Å². The molecule has 25 heavy (non-hydrogen) atoms. The first-order chi connectivity index (χ1) is 11.8. The van der Waals surface area contributed by atoms with Crippen LogP contribution in [0.15, 0.2) is 35.4 Å². The number of hydrogen-bond acceptors (Lipinski definition) is 4. The predicted octanol–water partition coefficient (Wildman–Crippen LogP) is 4.03. The first kappa shape index (κ1) is 17.1. The van der Waals surface area contributed by atoms with Crippen molar-refractivity contribution in [3.8, 4) is 11.4 Å². The van der Waals surface area contributed by atoms with Gasteiger partial charge in [0, 0.05) is 12.3 Å². The fourth-order valence-corrected chi connectivity index (χ4v) is 2.64. The second kappa shape index (κ2) is 6.30. The van der Waals surface area contributed by atoms with Crippen LogP contribution in [-0.2, 0) is 0 Å². The summed E-state index contributed by atoms with van der Waals surface area (Å²) >= 11 is 11.9. The summed E-state index contributed by atoms with van der Waals surface area (Å²) < 4.78 is 32.9. The summed E-state index contributed by atoms with van der Waals surface area (Å²) in [6.07, 6.45) is 0.242. The van der Waals surface area contributed by atoms with Gasteiger partial charge in [-0.2, -0.15) is 0 Å². The van der Waals surface area contributed by atoms with Gasteiger partial charge in [-0.25, -0.2) is 18.6 Å². The van der Waals surface area contributed by atoms with E-state index < -0.39 is 29.0 Å². The van der Waals surface area contributed by atoms with Crippen LogP contribution in [0.1, 0.15) is 0 Å². The van der Waals surface area contributed by atoms with Crippen molar-refractivity contribution in [3.05, 3.63) is 62.6 Å². The maximum atomic E-state index is 14.2. The molecule has 0 aliphatic rings. The summed E-state index contributed by atoms with van der Waals surface area (Å²) in [7, 11) is 0. The van der Waals surface area contributed by atoms with Crippen molar-refractivity contribution >= 4 is 40.3 Å². The number of benzene rings is 1. The Balaban J connectivity index is 2.47. The second-order valence-corrected chi connectivity index (χ2v) is 5.52. The topological polar surface area (TPSA) is 81.4 Å². The molecular formula is C15H6Cl2F2N2O4. The van der Waals surface area contributed by atoms with Crippen LogP contribution in [0.2, 0.25) is 10.2 Å². The summed E-state index contributed by atoms with van der Waals surface area (Å²) in [4.78, 5) is 26.9. The standard InChI is InChI=1S/C15H6Cl2F2N2O4/c16-11-12-7(4-20-14(11)17)13(22)10(25-15(23)24)5-21(12)9-2-1-6(18)3-8(9)19/h1-5H,(H,23,24). The molecule has 3 rings (SSSR count). The summed E-state index contributed by atoms with van der Waals surface area (Å²) in [5.41, 5.74) is -1.07. The minimum Gasteiger partial charge on any atom is -0.449 e. The molecule has 0 aliphatic heterocycles. The molecule has 1 aromatic carbocycles. The van der Waals surface area contributed by atoms with Crippen molar-refractivity contribution in [1.29, 1.82) is 0 Å². The summed E-state index contributed by atoms with van der Waals surface area (Å²) in [5.74, 6) is -2.40. The summed E-state index contributed by atoms with van der Waals surface area (Å²) in [6, 6.07) is 2.69. The first-order valence-electron chi connectivity index (χ1n) is 6.55. The molecule has 2 aromatic heterocycles. The van der Waals surface area contributed by atoms with Gasteiger partial charge < -0.3 is 14.4 Å². The quantitative estimate of drug-likeness (QED) is 0.531. The van der Waals surface area contributed by atoms with Gasteiger partial charge in [0.1, 0.15) is 21.8 Å². The molecule has 0 unspecified atom stereocenters. The third-order valence-corrected chi connectivity index (χ3v) is 4.01. The SMILES string of the molecule is O=C(O)Oc1cn(-c2ccc(F)cc2F)c2c(Cl)c(Cl)ncc2c1=O. The lowest BCUT2D eigenvalue weighted by Crippen LogP contribution is -2.16. The average molecular weight is 387 g/mol. The van der Waals surface area contributed by atoms with E-state index in [1.54, 1.807) is 0 Å². The van der Waals surface area contributed by atoms with Gasteiger partial charge >= 0.3 is 6.16 Å². The van der Waals surface area contributed by atoms with E-state index in [0.717, 1.165) is 29.1 Å². The van der Waals surface area contributed by atoms with Crippen LogP contribution in [-0.4, -0.2) is 20.8 Å². The fourth-order valence-electron chi connectivity index (χ4n) is 2.26. The van der Waals surface area contributed by atoms with Gasteiger partial charge in [-0.05, 0) is 12.1 Å². The number of rotatable bonds is 2. The highest BCUT2D eigenvalue weighted by Crippen LogP contribution is 2.31. The normalized spacial score (nSPS) is 10.9. The molecule has 0 saturated heterocycles. The number of nitrogens with zero attached hydrogens (tertiary/aromatic N) is 2. The zero-order chi connectivity index (χ0) is 18.3. The monoisotopic (exact) mass is 386 g/mol. The van der Waals surface area contributed by atoms with Gasteiger partial charge in [0.05, 0.1) is 22.8 Å². The number of carbonyl (C=O) groups is 1. The van der Waals surface area contributed by atoms with E-state index in [1.165, 1.54) is 0 Å². The summed E-state index contributed by atoms with van der Waals surface area (Å²) in [5, 5.41) is 8.28. The Labute approximate surface area is 147 Å². The highest BCUT2D eigenvalue weighted by atomic mass is 35.5. The van der Waals surface area contributed by atoms with E-state index in [0.29, 0.717) is 6.07 Å². The number of ether oxygens (including phenoxy) is 1. The van der Waals surface area contributed by atoms with Crippen LogP contribution in [0.5, 0.6) is 5.75 Å². The Kier molecular flexibility index (Phi) is 4.32. The largest absolute Gasteiger partial charge is 0.511 e. The molecule has 2 heterocycles. The number of pyridine rings is 2. The van der Waals surface area contributed by atoms with Gasteiger partial charge in [0.15, 0.2) is 5.75 Å². The van der Waals surface area contributed by atoms with E-state index in [9.17, 15) is 18.4 Å². The summed E-state index contributed by atoms with van der Waals surface area (Å²) in [6.45, 7) is 0. The van der Waals surface area contributed by atoms with Gasteiger partial charge in [-0.15, -0.1) is 0 Å². The average Bonchev–Trinajstić information content (AvgIpc) is 2.53. The maximum absolute atomic E-state index is 14.2. The van der Waals surface area contributed by atoms with Crippen molar-refractivity contribution in [1.82, 2.24) is 9.55 Å². The second-order valence-electron chi connectivity index (χ2n) is 4.78. The first-order valence-corrected chi connectivity index (χ1v) is 7.30. The molecule has 128 valence electrons. The predicted molar refractivity (Wildman–Crippen MR) is 85.9 cm³/mol. The van der Waals surface area contributed by atoms with Crippen LogP contribution >= 0.6 is 23.2 Å². The molecule has 0 fully saturated rings. The van der Waals surface area contributed by atoms with Crippen molar-refractivity contribution in [2.24, 2.45) is 0 Å². The number of hydrogen-bond donors (Lipinski definition) is 1. The molecule has 6 nitrogen and oxygen atoms in total. The number of aromatic nitrogens is 2. The molecule has 1 N–H and O–H groups in total. The van der Waals surface area contributed by atoms with Crippen molar-refractivity contribution in [2.75, 3.05) is 0 Å². The highest BCUT2D eigenvalue weighted by Gasteiger charge is 2.19. The molecule has 0 radical (unpaired) electrons. The zero-order valence-electron chi connectivity index (χ0n) is 12.0. The van der Waals surface area contributed by atoms with Gasteiger partial charge in [-0.3, -0.25) is 4.79 Å². The van der Waals surface area contributed by atoms with Crippen LogP contribution in [0.25, 0.3) is 16.6 Å². The van der Waals surface area contributed by atoms with Crippen LogP contribution < -0.4 is 10.2 Å². The zero-order valence-corrected chi connectivity index (χ0v) is 13.5. The van der Waals surface area contributed by atoms with Gasteiger partial charge in [-0.1, -0.05) is 23.2 Å². The van der Waals surface area contributed by atoms with Gasteiger partial charge in [0.25, 0.3) is 0 Å². The smallest absolute Gasteiger partial charge is 0.449 e. The molecule has 0 saturated carbocycles. The Bertz CT molecular complexity index is 1090. The Morgan fingerprint density at radius 2 is 2.00 bits per heavy atom. The van der Waals surface area contributed by atoms with E-state index in [-0.39, 0.29) is 26.8 Å². The van der Waals surface area contributed by atoms with Crippen molar-refractivity contribution < 1.29 is 23.4 Å². The minimum atomic E-state index is -1.74. The minimum absolute atomic E-state index is 0.0325.